The summed E-state index contributed by atoms with van der Waals surface area (Å²) in [7, 11) is 0. The van der Waals surface area contributed by atoms with Crippen LogP contribution in [0.3, 0.4) is 0 Å². The highest BCUT2D eigenvalue weighted by Gasteiger charge is 2.19. The van der Waals surface area contributed by atoms with Crippen LogP contribution in [0.5, 0.6) is 0 Å². The average molecular weight is 374 g/mol. The van der Waals surface area contributed by atoms with Crippen molar-refractivity contribution in [2.24, 2.45) is 0 Å². The molecule has 2 aromatic rings. The third kappa shape index (κ3) is 6.76. The second kappa shape index (κ2) is 10.5. The number of benzene rings is 2. The van der Waals surface area contributed by atoms with Crippen molar-refractivity contribution in [3.63, 3.8) is 0 Å². The van der Waals surface area contributed by atoms with Crippen LogP contribution in [0.4, 0.5) is 10.5 Å². The lowest BCUT2D eigenvalue weighted by Gasteiger charge is -2.18. The van der Waals surface area contributed by atoms with Crippen LogP contribution >= 0.6 is 11.6 Å². The quantitative estimate of drug-likeness (QED) is 0.654. The van der Waals surface area contributed by atoms with Gasteiger partial charge in [-0.1, -0.05) is 55.3 Å². The lowest BCUT2D eigenvalue weighted by molar-refractivity contribution is -0.123. The number of amides is 3. The van der Waals surface area contributed by atoms with E-state index in [1.807, 2.05) is 37.3 Å². The number of nitrogens with one attached hydrogen (secondary N) is 3. The molecule has 0 aliphatic rings. The highest BCUT2D eigenvalue weighted by molar-refractivity contribution is 6.30. The van der Waals surface area contributed by atoms with Gasteiger partial charge in [-0.15, -0.1) is 0 Å². The molecule has 2 rings (SSSR count). The molecule has 26 heavy (non-hydrogen) atoms. The number of halogens is 1. The Morgan fingerprint density at radius 1 is 1.04 bits per heavy atom. The zero-order valence-corrected chi connectivity index (χ0v) is 15.6. The molecule has 138 valence electrons. The molecule has 5 nitrogen and oxygen atoms in total. The summed E-state index contributed by atoms with van der Waals surface area (Å²) in [5.41, 5.74) is 1.78. The minimum atomic E-state index is -0.567. The third-order valence-corrected chi connectivity index (χ3v) is 4.11. The minimum Gasteiger partial charge on any atom is -0.354 e. The molecule has 0 aliphatic heterocycles. The summed E-state index contributed by atoms with van der Waals surface area (Å²) in [5, 5.41) is 8.93. The molecular formula is C20H24ClN3O2. The van der Waals surface area contributed by atoms with E-state index in [1.165, 1.54) is 0 Å². The number of urea groups is 1. The Bertz CT molecular complexity index is 705. The number of hydrogen-bond acceptors (Lipinski definition) is 2. The molecule has 1 unspecified atom stereocenters. The van der Waals surface area contributed by atoms with Crippen LogP contribution in [0, 0.1) is 0 Å². The number of anilines is 1. The van der Waals surface area contributed by atoms with Gasteiger partial charge >= 0.3 is 6.03 Å². The maximum Gasteiger partial charge on any atom is 0.319 e. The number of carbonyl (C=O) groups is 2. The van der Waals surface area contributed by atoms with Gasteiger partial charge in [-0.25, -0.2) is 4.79 Å². The van der Waals surface area contributed by atoms with E-state index in [0.717, 1.165) is 18.4 Å². The Hall–Kier alpha value is -2.53. The van der Waals surface area contributed by atoms with E-state index in [9.17, 15) is 9.59 Å². The summed E-state index contributed by atoms with van der Waals surface area (Å²) in [6.45, 7) is 2.51. The smallest absolute Gasteiger partial charge is 0.319 e. The minimum absolute atomic E-state index is 0.172. The van der Waals surface area contributed by atoms with Crippen LogP contribution < -0.4 is 16.0 Å². The van der Waals surface area contributed by atoms with E-state index in [0.29, 0.717) is 23.7 Å². The second-order valence-corrected chi connectivity index (χ2v) is 6.41. The summed E-state index contributed by atoms with van der Waals surface area (Å²) in [5.74, 6) is -0.172. The Morgan fingerprint density at radius 3 is 2.38 bits per heavy atom. The molecule has 0 spiro atoms. The van der Waals surface area contributed by atoms with Gasteiger partial charge in [0.05, 0.1) is 0 Å². The molecule has 1 atom stereocenters. The van der Waals surface area contributed by atoms with Crippen molar-refractivity contribution < 1.29 is 9.59 Å². The highest BCUT2D eigenvalue weighted by Crippen LogP contribution is 2.13. The Balaban J connectivity index is 1.82. The zero-order chi connectivity index (χ0) is 18.8. The second-order valence-electron chi connectivity index (χ2n) is 5.97. The van der Waals surface area contributed by atoms with Gasteiger partial charge in [0.1, 0.15) is 6.04 Å². The molecule has 0 saturated carbocycles. The van der Waals surface area contributed by atoms with E-state index < -0.39 is 12.1 Å². The third-order valence-electron chi connectivity index (χ3n) is 3.86. The van der Waals surface area contributed by atoms with Crippen LogP contribution in [0.1, 0.15) is 25.3 Å². The summed E-state index contributed by atoms with van der Waals surface area (Å²) in [6, 6.07) is 15.8. The molecule has 0 fully saturated rings. The largest absolute Gasteiger partial charge is 0.354 e. The molecule has 0 heterocycles. The summed E-state index contributed by atoms with van der Waals surface area (Å²) in [4.78, 5) is 24.5. The van der Waals surface area contributed by atoms with Crippen LogP contribution in [-0.2, 0) is 11.2 Å². The predicted octanol–water partition coefficient (Wildman–Crippen LogP) is 3.99. The first-order valence-corrected chi connectivity index (χ1v) is 9.11. The van der Waals surface area contributed by atoms with Gasteiger partial charge in [0, 0.05) is 17.3 Å². The van der Waals surface area contributed by atoms with E-state index >= 15 is 0 Å². The Kier molecular flexibility index (Phi) is 7.96. The van der Waals surface area contributed by atoms with Gasteiger partial charge in [-0.3, -0.25) is 4.79 Å². The lowest BCUT2D eigenvalue weighted by atomic mass is 10.1. The van der Waals surface area contributed by atoms with Gasteiger partial charge < -0.3 is 16.0 Å². The summed E-state index contributed by atoms with van der Waals surface area (Å²) in [6.07, 6.45) is 2.12. The molecule has 3 N–H and O–H groups in total. The Labute approximate surface area is 159 Å². The van der Waals surface area contributed by atoms with E-state index in [4.69, 9.17) is 11.6 Å². The monoisotopic (exact) mass is 373 g/mol. The van der Waals surface area contributed by atoms with E-state index in [-0.39, 0.29) is 5.91 Å². The molecular weight excluding hydrogens is 350 g/mol. The average Bonchev–Trinajstić information content (AvgIpc) is 2.64. The fraction of sp³-hybridized carbons (Fsp3) is 0.300. The van der Waals surface area contributed by atoms with Crippen molar-refractivity contribution in [1.82, 2.24) is 10.6 Å². The van der Waals surface area contributed by atoms with Crippen molar-refractivity contribution >= 4 is 29.2 Å². The summed E-state index contributed by atoms with van der Waals surface area (Å²) < 4.78 is 0. The standard InChI is InChI=1S/C20H24ClN3O2/c1-2-6-18(19(25)22-14-13-15-7-4-3-5-8-15)24-20(26)23-17-11-9-16(21)10-12-17/h3-5,7-12,18H,2,6,13-14H2,1H3,(H,22,25)(H2,23,24,26). The topological polar surface area (TPSA) is 70.2 Å². The lowest BCUT2D eigenvalue weighted by Crippen LogP contribution is -2.48. The van der Waals surface area contributed by atoms with Crippen molar-refractivity contribution in [2.45, 2.75) is 32.2 Å². The summed E-state index contributed by atoms with van der Waals surface area (Å²) >= 11 is 5.83. The molecule has 3 amide bonds. The molecule has 0 aliphatic carbocycles. The van der Waals surface area contributed by atoms with Crippen molar-refractivity contribution in [2.75, 3.05) is 11.9 Å². The first kappa shape index (κ1) is 19.8. The van der Waals surface area contributed by atoms with Gasteiger partial charge in [0.15, 0.2) is 0 Å². The van der Waals surface area contributed by atoms with Gasteiger partial charge in [-0.05, 0) is 42.7 Å². The molecule has 0 saturated heterocycles. The van der Waals surface area contributed by atoms with Gasteiger partial charge in [0.25, 0.3) is 0 Å². The molecule has 0 bridgehead atoms. The van der Waals surface area contributed by atoms with Crippen LogP contribution in [-0.4, -0.2) is 24.5 Å². The van der Waals surface area contributed by atoms with Crippen LogP contribution in [0.2, 0.25) is 5.02 Å². The molecule has 0 aromatic heterocycles. The maximum atomic E-state index is 12.4. The number of hydrogen-bond donors (Lipinski definition) is 3. The normalized spacial score (nSPS) is 11.5. The van der Waals surface area contributed by atoms with Crippen LogP contribution in [0.15, 0.2) is 54.6 Å². The van der Waals surface area contributed by atoms with Crippen molar-refractivity contribution in [3.8, 4) is 0 Å². The van der Waals surface area contributed by atoms with Crippen LogP contribution in [0.25, 0.3) is 0 Å². The Morgan fingerprint density at radius 2 is 1.73 bits per heavy atom. The predicted molar refractivity (Wildman–Crippen MR) is 105 cm³/mol. The van der Waals surface area contributed by atoms with Gasteiger partial charge in [0.2, 0.25) is 5.91 Å². The fourth-order valence-corrected chi connectivity index (χ4v) is 2.64. The maximum absolute atomic E-state index is 12.4. The molecule has 0 radical (unpaired) electrons. The van der Waals surface area contributed by atoms with Gasteiger partial charge in [-0.2, -0.15) is 0 Å². The van der Waals surface area contributed by atoms with Crippen molar-refractivity contribution in [3.05, 3.63) is 65.2 Å². The zero-order valence-electron chi connectivity index (χ0n) is 14.8. The molecule has 6 heteroatoms. The highest BCUT2D eigenvalue weighted by atomic mass is 35.5. The van der Waals surface area contributed by atoms with Crippen molar-refractivity contribution in [1.29, 1.82) is 0 Å². The molecule has 2 aromatic carbocycles. The number of carbonyl (C=O) groups excluding carboxylic acids is 2. The van der Waals surface area contributed by atoms with E-state index in [2.05, 4.69) is 16.0 Å². The fourth-order valence-electron chi connectivity index (χ4n) is 2.51. The van der Waals surface area contributed by atoms with E-state index in [1.54, 1.807) is 24.3 Å². The number of rotatable bonds is 8. The first-order valence-electron chi connectivity index (χ1n) is 8.73. The SMILES string of the molecule is CCCC(NC(=O)Nc1ccc(Cl)cc1)C(=O)NCCc1ccccc1. The first-order chi connectivity index (χ1) is 12.6.